The maximum absolute atomic E-state index is 13.1. The molecule has 0 radical (unpaired) electrons. The van der Waals surface area contributed by atoms with Crippen molar-refractivity contribution in [1.29, 1.82) is 0 Å². The van der Waals surface area contributed by atoms with Crippen molar-refractivity contribution >= 4 is 5.91 Å². The van der Waals surface area contributed by atoms with Crippen LogP contribution in [0, 0.1) is 0 Å². The van der Waals surface area contributed by atoms with E-state index in [-0.39, 0.29) is 11.7 Å². The molecule has 0 aliphatic heterocycles. The Morgan fingerprint density at radius 2 is 1.34 bits per heavy atom. The molecule has 0 aliphatic carbocycles. The van der Waals surface area contributed by atoms with Crippen LogP contribution in [0.1, 0.15) is 27.6 Å². The Balaban J connectivity index is 1.36. The lowest BCUT2D eigenvalue weighted by atomic mass is 10.00. The molecule has 1 heterocycles. The molecule has 0 fully saturated rings. The summed E-state index contributed by atoms with van der Waals surface area (Å²) in [6.07, 6.45) is 1.49. The SMILES string of the molecule is O=C(NCc1ccccc1-c1ccccc1)c1nc(CCc2ccccc2)n(-c2ccccc2)n1. The highest BCUT2D eigenvalue weighted by atomic mass is 16.2. The Morgan fingerprint density at radius 1 is 0.714 bits per heavy atom. The number of hydrogen-bond donors (Lipinski definition) is 1. The summed E-state index contributed by atoms with van der Waals surface area (Å²) >= 11 is 0. The molecule has 5 rings (SSSR count). The molecule has 35 heavy (non-hydrogen) atoms. The smallest absolute Gasteiger partial charge is 0.291 e. The van der Waals surface area contributed by atoms with Gasteiger partial charge in [-0.2, -0.15) is 0 Å². The average molecular weight is 459 g/mol. The van der Waals surface area contributed by atoms with E-state index in [4.69, 9.17) is 0 Å². The molecule has 4 aromatic carbocycles. The van der Waals surface area contributed by atoms with Gasteiger partial charge in [0.1, 0.15) is 5.82 Å². The Bertz CT molecular complexity index is 1400. The van der Waals surface area contributed by atoms with Gasteiger partial charge in [0.15, 0.2) is 0 Å². The van der Waals surface area contributed by atoms with Gasteiger partial charge in [0.05, 0.1) is 5.69 Å². The third-order valence-corrected chi connectivity index (χ3v) is 5.90. The molecule has 0 unspecified atom stereocenters. The molecule has 1 amide bonds. The van der Waals surface area contributed by atoms with Crippen LogP contribution in [0.25, 0.3) is 16.8 Å². The van der Waals surface area contributed by atoms with Crippen molar-refractivity contribution in [1.82, 2.24) is 20.1 Å². The Kier molecular flexibility index (Phi) is 6.76. The minimum Gasteiger partial charge on any atom is -0.345 e. The van der Waals surface area contributed by atoms with E-state index in [0.717, 1.165) is 34.6 Å². The van der Waals surface area contributed by atoms with E-state index < -0.39 is 0 Å². The molecular formula is C30H26N4O. The van der Waals surface area contributed by atoms with Gasteiger partial charge in [-0.05, 0) is 40.8 Å². The maximum Gasteiger partial charge on any atom is 0.291 e. The highest BCUT2D eigenvalue weighted by Crippen LogP contribution is 2.23. The van der Waals surface area contributed by atoms with Gasteiger partial charge in [-0.25, -0.2) is 9.67 Å². The van der Waals surface area contributed by atoms with E-state index in [9.17, 15) is 4.79 Å². The van der Waals surface area contributed by atoms with Crippen LogP contribution in [-0.2, 0) is 19.4 Å². The summed E-state index contributed by atoms with van der Waals surface area (Å²) in [7, 11) is 0. The van der Waals surface area contributed by atoms with E-state index in [1.807, 2.05) is 84.9 Å². The van der Waals surface area contributed by atoms with Crippen molar-refractivity contribution in [2.75, 3.05) is 0 Å². The van der Waals surface area contributed by atoms with Gasteiger partial charge in [-0.3, -0.25) is 4.79 Å². The van der Waals surface area contributed by atoms with E-state index in [0.29, 0.717) is 13.0 Å². The second-order valence-corrected chi connectivity index (χ2v) is 8.29. The summed E-state index contributed by atoms with van der Waals surface area (Å²) < 4.78 is 1.77. The number of para-hydroxylation sites is 1. The van der Waals surface area contributed by atoms with Crippen LogP contribution >= 0.6 is 0 Å². The van der Waals surface area contributed by atoms with Crippen molar-refractivity contribution in [3.63, 3.8) is 0 Å². The average Bonchev–Trinajstić information content (AvgIpc) is 3.37. The van der Waals surface area contributed by atoms with E-state index in [2.05, 4.69) is 45.7 Å². The molecule has 5 aromatic rings. The predicted octanol–water partition coefficient (Wildman–Crippen LogP) is 5.65. The molecule has 0 aliphatic rings. The summed E-state index contributed by atoms with van der Waals surface area (Å²) in [5.74, 6) is 0.646. The normalized spacial score (nSPS) is 10.7. The van der Waals surface area contributed by atoms with E-state index in [1.54, 1.807) is 4.68 Å². The number of benzene rings is 4. The zero-order valence-electron chi connectivity index (χ0n) is 19.3. The summed E-state index contributed by atoms with van der Waals surface area (Å²) in [5.41, 5.74) is 5.36. The Hall–Kier alpha value is -4.51. The zero-order valence-corrected chi connectivity index (χ0v) is 19.3. The monoisotopic (exact) mass is 458 g/mol. The van der Waals surface area contributed by atoms with Crippen LogP contribution in [0.2, 0.25) is 0 Å². The van der Waals surface area contributed by atoms with Gasteiger partial charge < -0.3 is 5.32 Å². The van der Waals surface area contributed by atoms with Crippen molar-refractivity contribution in [2.24, 2.45) is 0 Å². The number of carbonyl (C=O) groups excluding carboxylic acids is 1. The quantitative estimate of drug-likeness (QED) is 0.327. The fraction of sp³-hybridized carbons (Fsp3) is 0.100. The van der Waals surface area contributed by atoms with E-state index >= 15 is 0 Å². The minimum absolute atomic E-state index is 0.175. The van der Waals surface area contributed by atoms with Crippen molar-refractivity contribution < 1.29 is 4.79 Å². The Morgan fingerprint density at radius 3 is 2.09 bits per heavy atom. The lowest BCUT2D eigenvalue weighted by Gasteiger charge is -2.10. The molecule has 1 aromatic heterocycles. The summed E-state index contributed by atoms with van der Waals surface area (Å²) in [6, 6.07) is 38.4. The van der Waals surface area contributed by atoms with Crippen molar-refractivity contribution in [2.45, 2.75) is 19.4 Å². The van der Waals surface area contributed by atoms with E-state index in [1.165, 1.54) is 5.56 Å². The molecule has 0 spiro atoms. The van der Waals surface area contributed by atoms with Gasteiger partial charge in [-0.1, -0.05) is 103 Å². The van der Waals surface area contributed by atoms with Gasteiger partial charge in [0.2, 0.25) is 5.82 Å². The number of nitrogens with zero attached hydrogens (tertiary/aromatic N) is 3. The van der Waals surface area contributed by atoms with Crippen LogP contribution in [0.15, 0.2) is 115 Å². The number of rotatable bonds is 8. The molecule has 0 atom stereocenters. The highest BCUT2D eigenvalue weighted by molar-refractivity contribution is 5.90. The topological polar surface area (TPSA) is 59.8 Å². The number of aryl methyl sites for hydroxylation is 2. The largest absolute Gasteiger partial charge is 0.345 e. The fourth-order valence-corrected chi connectivity index (χ4v) is 4.11. The fourth-order valence-electron chi connectivity index (χ4n) is 4.11. The first-order chi connectivity index (χ1) is 17.3. The Labute approximate surface area is 205 Å². The van der Waals surface area contributed by atoms with Gasteiger partial charge in [-0.15, -0.1) is 5.10 Å². The standard InChI is InChI=1S/C30H26N4O/c35-30(31-22-25-16-10-11-19-27(25)24-14-6-2-7-15-24)29-32-28(21-20-23-12-4-1-5-13-23)34(33-29)26-17-8-3-9-18-26/h1-19H,20-22H2,(H,31,35). The first kappa shape index (κ1) is 22.3. The summed E-state index contributed by atoms with van der Waals surface area (Å²) in [5, 5.41) is 7.59. The second-order valence-electron chi connectivity index (χ2n) is 8.29. The second kappa shape index (κ2) is 10.6. The number of carbonyl (C=O) groups is 1. The lowest BCUT2D eigenvalue weighted by Crippen LogP contribution is -2.24. The zero-order chi connectivity index (χ0) is 23.9. The van der Waals surface area contributed by atoms with Gasteiger partial charge in [0, 0.05) is 13.0 Å². The summed E-state index contributed by atoms with van der Waals surface area (Å²) in [4.78, 5) is 17.7. The minimum atomic E-state index is -0.288. The lowest BCUT2D eigenvalue weighted by molar-refractivity contribution is 0.0940. The highest BCUT2D eigenvalue weighted by Gasteiger charge is 2.18. The third kappa shape index (κ3) is 5.36. The first-order valence-electron chi connectivity index (χ1n) is 11.7. The molecule has 0 bridgehead atoms. The van der Waals surface area contributed by atoms with Gasteiger partial charge in [0.25, 0.3) is 5.91 Å². The third-order valence-electron chi connectivity index (χ3n) is 5.90. The number of hydrogen-bond acceptors (Lipinski definition) is 3. The van der Waals surface area contributed by atoms with Crippen LogP contribution in [-0.4, -0.2) is 20.7 Å². The maximum atomic E-state index is 13.1. The molecule has 0 saturated carbocycles. The molecule has 5 nitrogen and oxygen atoms in total. The van der Waals surface area contributed by atoms with Gasteiger partial charge >= 0.3 is 0 Å². The number of aromatic nitrogens is 3. The van der Waals surface area contributed by atoms with Crippen molar-refractivity contribution in [3.8, 4) is 16.8 Å². The first-order valence-corrected chi connectivity index (χ1v) is 11.7. The molecule has 172 valence electrons. The van der Waals surface area contributed by atoms with Crippen LogP contribution in [0.5, 0.6) is 0 Å². The molecule has 0 saturated heterocycles. The molecule has 1 N–H and O–H groups in total. The van der Waals surface area contributed by atoms with Crippen LogP contribution < -0.4 is 5.32 Å². The molecular weight excluding hydrogens is 432 g/mol. The van der Waals surface area contributed by atoms with Crippen LogP contribution in [0.4, 0.5) is 0 Å². The number of amides is 1. The predicted molar refractivity (Wildman–Crippen MR) is 138 cm³/mol. The summed E-state index contributed by atoms with van der Waals surface area (Å²) in [6.45, 7) is 0.392. The van der Waals surface area contributed by atoms with Crippen LogP contribution in [0.3, 0.4) is 0 Å². The molecule has 5 heteroatoms. The number of nitrogens with one attached hydrogen (secondary N) is 1. The van der Waals surface area contributed by atoms with Crippen molar-refractivity contribution in [3.05, 3.63) is 138 Å².